The zero-order chi connectivity index (χ0) is 29.0. The van der Waals surface area contributed by atoms with Gasteiger partial charge in [0.1, 0.15) is 5.82 Å². The van der Waals surface area contributed by atoms with E-state index in [0.29, 0.717) is 12.2 Å². The molecule has 0 aromatic heterocycles. The SMILES string of the molecule is CNC(F)(F)F.N=C(OC(=N)C(F)F)c1ccc(CN(C(=O)NCCN2CCCC2)c2ccccc2)c(F)c1. The summed E-state index contributed by atoms with van der Waals surface area (Å²) in [6.07, 6.45) is -5.06. The molecule has 1 fully saturated rings. The Hall–Kier alpha value is -3.65. The Bertz CT molecular complexity index is 1090. The van der Waals surface area contributed by atoms with Crippen molar-refractivity contribution in [3.05, 3.63) is 65.5 Å². The van der Waals surface area contributed by atoms with Crippen molar-refractivity contribution in [1.29, 1.82) is 10.8 Å². The summed E-state index contributed by atoms with van der Waals surface area (Å²) in [4.78, 5) is 16.6. The third-order valence-corrected chi connectivity index (χ3v) is 5.55. The van der Waals surface area contributed by atoms with Crippen molar-refractivity contribution in [3.8, 4) is 0 Å². The number of halogens is 6. The highest BCUT2D eigenvalue weighted by Gasteiger charge is 2.23. The first-order chi connectivity index (χ1) is 18.4. The molecule has 0 atom stereocenters. The molecule has 8 nitrogen and oxygen atoms in total. The number of hydrogen-bond donors (Lipinski definition) is 4. The molecule has 0 spiro atoms. The highest BCUT2D eigenvalue weighted by atomic mass is 19.4. The zero-order valence-electron chi connectivity index (χ0n) is 21.1. The highest BCUT2D eigenvalue weighted by Crippen LogP contribution is 2.20. The van der Waals surface area contributed by atoms with Crippen LogP contribution in [0.4, 0.5) is 36.8 Å². The molecule has 214 valence electrons. The van der Waals surface area contributed by atoms with Crippen molar-refractivity contribution in [2.75, 3.05) is 38.1 Å². The van der Waals surface area contributed by atoms with Crippen molar-refractivity contribution in [1.82, 2.24) is 15.5 Å². The van der Waals surface area contributed by atoms with E-state index in [1.165, 1.54) is 17.0 Å². The lowest BCUT2D eigenvalue weighted by Gasteiger charge is -2.24. The second-order valence-electron chi connectivity index (χ2n) is 8.35. The number of rotatable bonds is 8. The van der Waals surface area contributed by atoms with Crippen LogP contribution in [0, 0.1) is 16.6 Å². The summed E-state index contributed by atoms with van der Waals surface area (Å²) in [5.41, 5.74) is 0.665. The average Bonchev–Trinajstić information content (AvgIpc) is 3.41. The zero-order valence-corrected chi connectivity index (χ0v) is 21.1. The van der Waals surface area contributed by atoms with E-state index in [9.17, 15) is 31.1 Å². The van der Waals surface area contributed by atoms with Crippen LogP contribution in [0.3, 0.4) is 0 Å². The van der Waals surface area contributed by atoms with Crippen LogP contribution in [-0.2, 0) is 11.3 Å². The number of carbonyl (C=O) groups is 1. The van der Waals surface area contributed by atoms with Gasteiger partial charge < -0.3 is 15.0 Å². The monoisotopic (exact) mass is 560 g/mol. The summed E-state index contributed by atoms with van der Waals surface area (Å²) in [6.45, 7) is 3.17. The van der Waals surface area contributed by atoms with Crippen molar-refractivity contribution >= 4 is 23.5 Å². The van der Waals surface area contributed by atoms with Crippen LogP contribution in [0.1, 0.15) is 24.0 Å². The standard InChI is InChI=1S/C23H26F3N5O2.C2H4F3N/c24-19-14-16(21(27)33-22(28)20(25)26)8-9-17(19)15-31(18-6-2-1-3-7-18)23(32)29-10-13-30-11-4-5-12-30;1-6-2(3,4)5/h1-3,6-9,14,20,27-28H,4-5,10-13,15H2,(H,29,32);6H,1H3. The van der Waals surface area contributed by atoms with E-state index in [1.54, 1.807) is 24.3 Å². The van der Waals surface area contributed by atoms with E-state index in [1.807, 2.05) is 6.07 Å². The molecule has 2 aromatic rings. The Morgan fingerprint density at radius 3 is 2.26 bits per heavy atom. The van der Waals surface area contributed by atoms with Gasteiger partial charge in [0.05, 0.1) is 6.54 Å². The Morgan fingerprint density at radius 2 is 1.72 bits per heavy atom. The van der Waals surface area contributed by atoms with Gasteiger partial charge in [0.25, 0.3) is 5.90 Å². The third kappa shape index (κ3) is 10.9. The number of benzene rings is 2. The smallest absolute Gasteiger partial charge is 0.419 e. The Labute approximate surface area is 221 Å². The van der Waals surface area contributed by atoms with Gasteiger partial charge in [-0.1, -0.05) is 24.3 Å². The molecule has 1 heterocycles. The molecule has 0 bridgehead atoms. The number of likely N-dealkylation sites (tertiary alicyclic amines) is 1. The molecule has 2 aromatic carbocycles. The molecule has 1 aliphatic heterocycles. The first-order valence-corrected chi connectivity index (χ1v) is 11.9. The number of para-hydroxylation sites is 1. The molecule has 2 amide bonds. The lowest BCUT2D eigenvalue weighted by molar-refractivity contribution is -0.151. The highest BCUT2D eigenvalue weighted by molar-refractivity contribution is 6.00. The van der Waals surface area contributed by atoms with Crippen molar-refractivity contribution < 1.29 is 35.9 Å². The van der Waals surface area contributed by atoms with Crippen molar-refractivity contribution in [3.63, 3.8) is 0 Å². The summed E-state index contributed by atoms with van der Waals surface area (Å²) in [5.74, 6) is -2.87. The molecule has 0 unspecified atom stereocenters. The molecule has 0 radical (unpaired) electrons. The number of amides is 2. The van der Waals surface area contributed by atoms with Crippen LogP contribution in [0.5, 0.6) is 0 Å². The maximum Gasteiger partial charge on any atom is 0.457 e. The Kier molecular flexibility index (Phi) is 12.2. The molecule has 1 saturated heterocycles. The topological polar surface area (TPSA) is 105 Å². The minimum absolute atomic E-state index is 0.0767. The van der Waals surface area contributed by atoms with Gasteiger partial charge >= 0.3 is 18.8 Å². The maximum absolute atomic E-state index is 14.8. The van der Waals surface area contributed by atoms with Crippen LogP contribution >= 0.6 is 0 Å². The van der Waals surface area contributed by atoms with Crippen molar-refractivity contribution in [2.45, 2.75) is 32.1 Å². The number of urea groups is 1. The van der Waals surface area contributed by atoms with Gasteiger partial charge in [-0.15, -0.1) is 0 Å². The summed E-state index contributed by atoms with van der Waals surface area (Å²) in [7, 11) is 0.833. The number of anilines is 1. The summed E-state index contributed by atoms with van der Waals surface area (Å²) < 4.78 is 76.1. The first-order valence-electron chi connectivity index (χ1n) is 11.9. The second-order valence-corrected chi connectivity index (χ2v) is 8.35. The van der Waals surface area contributed by atoms with Crippen LogP contribution < -0.4 is 15.5 Å². The summed E-state index contributed by atoms with van der Waals surface area (Å²) >= 11 is 0. The lowest BCUT2D eigenvalue weighted by Crippen LogP contribution is -2.42. The van der Waals surface area contributed by atoms with E-state index in [2.05, 4.69) is 15.0 Å². The minimum Gasteiger partial charge on any atom is -0.419 e. The molecule has 4 N–H and O–H groups in total. The van der Waals surface area contributed by atoms with E-state index in [-0.39, 0.29) is 23.7 Å². The minimum atomic E-state index is -4.21. The number of nitrogens with zero attached hydrogens (tertiary/aromatic N) is 2. The van der Waals surface area contributed by atoms with E-state index >= 15 is 0 Å². The van der Waals surface area contributed by atoms with Gasteiger partial charge in [-0.05, 0) is 57.2 Å². The van der Waals surface area contributed by atoms with Gasteiger partial charge in [-0.2, -0.15) is 22.0 Å². The van der Waals surface area contributed by atoms with Crippen LogP contribution in [0.15, 0.2) is 48.5 Å². The molecule has 0 aliphatic carbocycles. The fourth-order valence-corrected chi connectivity index (χ4v) is 3.51. The van der Waals surface area contributed by atoms with Crippen LogP contribution in [0.25, 0.3) is 0 Å². The quantitative estimate of drug-likeness (QED) is 0.159. The Balaban J connectivity index is 0.000000798. The predicted octanol–water partition coefficient (Wildman–Crippen LogP) is 4.95. The fourth-order valence-electron chi connectivity index (χ4n) is 3.51. The van der Waals surface area contributed by atoms with Gasteiger partial charge in [-0.3, -0.25) is 15.7 Å². The lowest BCUT2D eigenvalue weighted by atomic mass is 10.1. The van der Waals surface area contributed by atoms with Gasteiger partial charge in [-0.25, -0.2) is 14.5 Å². The van der Waals surface area contributed by atoms with Crippen LogP contribution in [-0.4, -0.2) is 68.7 Å². The van der Waals surface area contributed by atoms with Gasteiger partial charge in [0.2, 0.25) is 5.90 Å². The number of ether oxygens (including phenoxy) is 1. The largest absolute Gasteiger partial charge is 0.457 e. The molecule has 39 heavy (non-hydrogen) atoms. The molecule has 3 rings (SSSR count). The molecule has 1 aliphatic rings. The molecular weight excluding hydrogens is 530 g/mol. The molecule has 14 heteroatoms. The molecule has 0 saturated carbocycles. The third-order valence-electron chi connectivity index (χ3n) is 5.55. The van der Waals surface area contributed by atoms with E-state index in [0.717, 1.165) is 50.9 Å². The maximum atomic E-state index is 14.8. The first kappa shape index (κ1) is 31.6. The fraction of sp³-hybridized carbons (Fsp3) is 0.400. The number of alkyl halides is 5. The van der Waals surface area contributed by atoms with Gasteiger partial charge in [0, 0.05) is 29.9 Å². The van der Waals surface area contributed by atoms with Gasteiger partial charge in [0.15, 0.2) is 0 Å². The normalized spacial score (nSPS) is 13.4. The molecular formula is C25H30F6N6O2. The van der Waals surface area contributed by atoms with E-state index < -0.39 is 30.3 Å². The number of nitrogens with one attached hydrogen (secondary N) is 4. The van der Waals surface area contributed by atoms with Crippen LogP contribution in [0.2, 0.25) is 0 Å². The number of hydrogen-bond acceptors (Lipinski definition) is 6. The predicted molar refractivity (Wildman–Crippen MR) is 135 cm³/mol. The van der Waals surface area contributed by atoms with E-state index in [4.69, 9.17) is 10.8 Å². The number of carbonyl (C=O) groups excluding carboxylic acids is 1. The average molecular weight is 561 g/mol. The Morgan fingerprint density at radius 1 is 1.10 bits per heavy atom. The summed E-state index contributed by atoms with van der Waals surface area (Å²) in [5, 5.41) is 18.7. The van der Waals surface area contributed by atoms with Crippen molar-refractivity contribution in [2.24, 2.45) is 0 Å². The second kappa shape index (κ2) is 15.1. The summed E-state index contributed by atoms with van der Waals surface area (Å²) in [6, 6.07) is 12.1.